The van der Waals surface area contributed by atoms with Crippen LogP contribution in [0.15, 0.2) is 48.5 Å². The van der Waals surface area contributed by atoms with Crippen molar-refractivity contribution in [2.45, 2.75) is 83.4 Å². The summed E-state index contributed by atoms with van der Waals surface area (Å²) in [5, 5.41) is 3.21. The fourth-order valence-corrected chi connectivity index (χ4v) is 6.97. The predicted molar refractivity (Wildman–Crippen MR) is 168 cm³/mol. The Morgan fingerprint density at radius 2 is 1.67 bits per heavy atom. The number of hydrogen-bond acceptors (Lipinski definition) is 5. The molecule has 3 aliphatic rings. The van der Waals surface area contributed by atoms with Crippen molar-refractivity contribution in [3.63, 3.8) is 0 Å². The number of benzene rings is 2. The van der Waals surface area contributed by atoms with E-state index in [4.69, 9.17) is 10.5 Å². The molecular weight excluding hydrogens is 540 g/mol. The number of nitrogens with zero attached hydrogens (tertiary/aromatic N) is 2. The molecule has 3 amide bonds. The fraction of sp³-hybridized carbons (Fsp3) is 0.571. The highest BCUT2D eigenvalue weighted by molar-refractivity contribution is 5.98. The first-order chi connectivity index (χ1) is 20.8. The van der Waals surface area contributed by atoms with Gasteiger partial charge in [-0.15, -0.1) is 0 Å². The first-order valence-electron chi connectivity index (χ1n) is 16.2. The monoisotopic (exact) mass is 588 g/mol. The molecule has 5 rings (SSSR count). The topological polar surface area (TPSA) is 105 Å². The van der Waals surface area contributed by atoms with E-state index in [9.17, 15) is 14.4 Å². The van der Waals surface area contributed by atoms with Crippen LogP contribution >= 0.6 is 0 Å². The maximum Gasteiger partial charge on any atom is 0.254 e. The van der Waals surface area contributed by atoms with Gasteiger partial charge in [0.2, 0.25) is 5.91 Å². The summed E-state index contributed by atoms with van der Waals surface area (Å²) in [5.74, 6) is 0.683. The molecule has 3 N–H and O–H groups in total. The van der Waals surface area contributed by atoms with Crippen LogP contribution in [-0.2, 0) is 9.53 Å². The molecule has 8 heteroatoms. The van der Waals surface area contributed by atoms with Crippen LogP contribution in [0.5, 0.6) is 0 Å². The molecule has 0 bridgehead atoms. The standard InChI is InChI=1S/C35H48N4O4/c1-24-8-14-28(15-9-24)34(41)38-17-16-30(20-32(38)33(40)37-22-27-12-10-26(21-36)11-13-27)39(23-31-7-4-18-43-31)35(42)29-6-3-5-25(2)19-29/h3,5-6,8-9,14-15,19,26-27,30-32H,4,7,10-13,16-18,20-23,36H2,1-2H3,(H,37,40)/t26?,27?,30?,31?,32-/m1/s1. The van der Waals surface area contributed by atoms with Crippen molar-refractivity contribution < 1.29 is 19.1 Å². The average molecular weight is 589 g/mol. The van der Waals surface area contributed by atoms with Crippen molar-refractivity contribution in [3.8, 4) is 0 Å². The number of carbonyl (C=O) groups excluding carboxylic acids is 3. The lowest BCUT2D eigenvalue weighted by Gasteiger charge is -2.43. The molecule has 2 aromatic rings. The Morgan fingerprint density at radius 1 is 0.930 bits per heavy atom. The van der Waals surface area contributed by atoms with Gasteiger partial charge in [0.1, 0.15) is 6.04 Å². The van der Waals surface area contributed by atoms with Crippen LogP contribution in [0.4, 0.5) is 0 Å². The van der Waals surface area contributed by atoms with E-state index in [2.05, 4.69) is 5.32 Å². The van der Waals surface area contributed by atoms with Gasteiger partial charge in [-0.2, -0.15) is 0 Å². The molecule has 1 aliphatic carbocycles. The Morgan fingerprint density at radius 3 is 2.35 bits per heavy atom. The molecule has 8 nitrogen and oxygen atoms in total. The van der Waals surface area contributed by atoms with Crippen LogP contribution in [0, 0.1) is 25.7 Å². The Hall–Kier alpha value is -3.23. The van der Waals surface area contributed by atoms with Gasteiger partial charge in [0, 0.05) is 43.4 Å². The van der Waals surface area contributed by atoms with E-state index in [1.807, 2.05) is 67.3 Å². The van der Waals surface area contributed by atoms with Gasteiger partial charge in [-0.25, -0.2) is 0 Å². The summed E-state index contributed by atoms with van der Waals surface area (Å²) in [4.78, 5) is 45.3. The van der Waals surface area contributed by atoms with E-state index in [0.717, 1.165) is 56.2 Å². The zero-order valence-electron chi connectivity index (χ0n) is 25.8. The van der Waals surface area contributed by atoms with Gasteiger partial charge in [-0.05, 0) is 108 Å². The van der Waals surface area contributed by atoms with Crippen molar-refractivity contribution in [2.24, 2.45) is 17.6 Å². The van der Waals surface area contributed by atoms with Gasteiger partial charge in [0.15, 0.2) is 0 Å². The number of amides is 3. The third kappa shape index (κ3) is 7.84. The molecular formula is C35H48N4O4. The van der Waals surface area contributed by atoms with Gasteiger partial charge in [-0.1, -0.05) is 35.4 Å². The normalized spacial score (nSPS) is 25.7. The van der Waals surface area contributed by atoms with E-state index in [-0.39, 0.29) is 29.9 Å². The Bertz CT molecular complexity index is 1250. The summed E-state index contributed by atoms with van der Waals surface area (Å²) in [6.07, 6.45) is 7.19. The highest BCUT2D eigenvalue weighted by atomic mass is 16.5. The molecule has 2 aliphatic heterocycles. The van der Waals surface area contributed by atoms with E-state index < -0.39 is 6.04 Å². The lowest BCUT2D eigenvalue weighted by molar-refractivity contribution is -0.127. The number of nitrogens with two attached hydrogens (primary N) is 1. The number of rotatable bonds is 9. The van der Waals surface area contributed by atoms with Crippen LogP contribution in [-0.4, -0.2) is 78.5 Å². The number of carbonyl (C=O) groups is 3. The van der Waals surface area contributed by atoms with Crippen molar-refractivity contribution in [3.05, 3.63) is 70.8 Å². The minimum Gasteiger partial charge on any atom is -0.376 e. The molecule has 2 heterocycles. The summed E-state index contributed by atoms with van der Waals surface area (Å²) in [7, 11) is 0. The number of ether oxygens (including phenoxy) is 1. The number of piperidine rings is 1. The van der Waals surface area contributed by atoms with Crippen LogP contribution < -0.4 is 11.1 Å². The summed E-state index contributed by atoms with van der Waals surface area (Å²) in [6.45, 7) is 6.90. The number of likely N-dealkylation sites (tertiary alicyclic amines) is 1. The Labute approximate surface area is 256 Å². The van der Waals surface area contributed by atoms with Crippen molar-refractivity contribution in [1.82, 2.24) is 15.1 Å². The highest BCUT2D eigenvalue weighted by Gasteiger charge is 2.41. The van der Waals surface area contributed by atoms with Crippen molar-refractivity contribution in [2.75, 3.05) is 32.8 Å². The Kier molecular flexibility index (Phi) is 10.5. The zero-order chi connectivity index (χ0) is 30.3. The maximum absolute atomic E-state index is 14.0. The molecule has 3 atom stereocenters. The second-order valence-electron chi connectivity index (χ2n) is 12.9. The molecule has 0 radical (unpaired) electrons. The molecule has 2 aromatic carbocycles. The van der Waals surface area contributed by atoms with Crippen LogP contribution in [0.3, 0.4) is 0 Å². The summed E-state index contributed by atoms with van der Waals surface area (Å²) in [5.41, 5.74) is 9.21. The maximum atomic E-state index is 14.0. The summed E-state index contributed by atoms with van der Waals surface area (Å²) < 4.78 is 5.96. The van der Waals surface area contributed by atoms with E-state index in [1.165, 1.54) is 0 Å². The molecule has 3 fully saturated rings. The largest absolute Gasteiger partial charge is 0.376 e. The minimum atomic E-state index is -0.662. The second-order valence-corrected chi connectivity index (χ2v) is 12.9. The summed E-state index contributed by atoms with van der Waals surface area (Å²) >= 11 is 0. The first kappa shape index (κ1) is 31.2. The third-order valence-corrected chi connectivity index (χ3v) is 9.69. The summed E-state index contributed by atoms with van der Waals surface area (Å²) in [6, 6.07) is 14.3. The van der Waals surface area contributed by atoms with Gasteiger partial charge >= 0.3 is 0 Å². The van der Waals surface area contributed by atoms with E-state index in [0.29, 0.717) is 62.0 Å². The minimum absolute atomic E-state index is 0.0168. The smallest absolute Gasteiger partial charge is 0.254 e. The van der Waals surface area contributed by atoms with E-state index >= 15 is 0 Å². The SMILES string of the molecule is Cc1ccc(C(=O)N2CCC(N(CC3CCCO3)C(=O)c3cccc(C)c3)C[C@@H]2C(=O)NCC2CCC(CN)CC2)cc1. The van der Waals surface area contributed by atoms with Crippen LogP contribution in [0.1, 0.15) is 83.2 Å². The number of aryl methyl sites for hydroxylation is 2. The molecule has 232 valence electrons. The molecule has 0 aromatic heterocycles. The fourth-order valence-electron chi connectivity index (χ4n) is 6.97. The van der Waals surface area contributed by atoms with Crippen molar-refractivity contribution >= 4 is 17.7 Å². The molecule has 43 heavy (non-hydrogen) atoms. The highest BCUT2D eigenvalue weighted by Crippen LogP contribution is 2.30. The van der Waals surface area contributed by atoms with Crippen LogP contribution in [0.2, 0.25) is 0 Å². The van der Waals surface area contributed by atoms with Gasteiger partial charge in [0.05, 0.1) is 6.10 Å². The van der Waals surface area contributed by atoms with Gasteiger partial charge in [0.25, 0.3) is 11.8 Å². The lowest BCUT2D eigenvalue weighted by Crippen LogP contribution is -2.59. The molecule has 2 saturated heterocycles. The second kappa shape index (κ2) is 14.5. The third-order valence-electron chi connectivity index (χ3n) is 9.69. The Balaban J connectivity index is 1.36. The van der Waals surface area contributed by atoms with Crippen LogP contribution in [0.25, 0.3) is 0 Å². The van der Waals surface area contributed by atoms with E-state index in [1.54, 1.807) is 4.90 Å². The predicted octanol–water partition coefficient (Wildman–Crippen LogP) is 4.48. The molecule has 0 spiro atoms. The van der Waals surface area contributed by atoms with Crippen molar-refractivity contribution in [1.29, 1.82) is 0 Å². The number of hydrogen-bond donors (Lipinski definition) is 2. The van der Waals surface area contributed by atoms with Gasteiger partial charge < -0.3 is 25.6 Å². The first-order valence-corrected chi connectivity index (χ1v) is 16.2. The molecule has 2 unspecified atom stereocenters. The quantitative estimate of drug-likeness (QED) is 0.450. The average Bonchev–Trinajstić information content (AvgIpc) is 3.55. The lowest BCUT2D eigenvalue weighted by atomic mass is 9.82. The van der Waals surface area contributed by atoms with Gasteiger partial charge in [-0.3, -0.25) is 14.4 Å². The zero-order valence-corrected chi connectivity index (χ0v) is 25.8. The number of nitrogens with one attached hydrogen (secondary N) is 1. The molecule has 1 saturated carbocycles.